The van der Waals surface area contributed by atoms with E-state index < -0.39 is 5.82 Å². The highest BCUT2D eigenvalue weighted by Crippen LogP contribution is 2.29. The molecule has 6 heteroatoms. The Labute approximate surface area is 156 Å². The van der Waals surface area contributed by atoms with Gasteiger partial charge in [0.25, 0.3) is 0 Å². The third kappa shape index (κ3) is 3.44. The normalized spacial score (nSPS) is 13.0. The molecule has 1 aliphatic rings. The van der Waals surface area contributed by atoms with Crippen molar-refractivity contribution in [3.8, 4) is 17.6 Å². The lowest BCUT2D eigenvalue weighted by Crippen LogP contribution is -2.32. The van der Waals surface area contributed by atoms with Crippen molar-refractivity contribution in [3.05, 3.63) is 77.0 Å². The monoisotopic (exact) mass is 360 g/mol. The van der Waals surface area contributed by atoms with Crippen molar-refractivity contribution >= 4 is 5.82 Å². The largest absolute Gasteiger partial charge is 0.453 e. The molecule has 0 atom stereocenters. The highest BCUT2D eigenvalue weighted by atomic mass is 19.1. The van der Waals surface area contributed by atoms with Gasteiger partial charge in [0.2, 0.25) is 0 Å². The number of anilines is 1. The van der Waals surface area contributed by atoms with E-state index in [4.69, 9.17) is 10.00 Å². The highest BCUT2D eigenvalue weighted by Gasteiger charge is 2.21. The predicted octanol–water partition coefficient (Wildman–Crippen LogP) is 4.15. The van der Waals surface area contributed by atoms with E-state index in [0.29, 0.717) is 17.9 Å². The third-order valence-corrected chi connectivity index (χ3v) is 4.56. The fourth-order valence-electron chi connectivity index (χ4n) is 3.26. The standard InChI is InChI=1S/C21H17FN4O/c1-14-8-15(10-23)11-25-21(14)26-7-6-19-16(13-26)9-17(12-24-19)27-20-5-3-2-4-18(20)22/h2-5,8-9,11-12H,6-7,13H2,1H3. The number of hydrogen-bond acceptors (Lipinski definition) is 5. The van der Waals surface area contributed by atoms with E-state index in [-0.39, 0.29) is 5.75 Å². The molecule has 0 unspecified atom stereocenters. The summed E-state index contributed by atoms with van der Waals surface area (Å²) >= 11 is 0. The molecule has 27 heavy (non-hydrogen) atoms. The molecule has 0 fully saturated rings. The second-order valence-electron chi connectivity index (χ2n) is 6.46. The van der Waals surface area contributed by atoms with Crippen LogP contribution < -0.4 is 9.64 Å². The Morgan fingerprint density at radius 3 is 2.81 bits per heavy atom. The number of rotatable bonds is 3. The molecule has 0 amide bonds. The first-order chi connectivity index (χ1) is 13.1. The van der Waals surface area contributed by atoms with Crippen molar-refractivity contribution in [2.24, 2.45) is 0 Å². The quantitative estimate of drug-likeness (QED) is 0.702. The molecule has 3 heterocycles. The van der Waals surface area contributed by atoms with E-state index in [1.54, 1.807) is 30.6 Å². The number of nitriles is 1. The van der Waals surface area contributed by atoms with Crippen molar-refractivity contribution in [2.45, 2.75) is 19.9 Å². The number of benzene rings is 1. The van der Waals surface area contributed by atoms with Gasteiger partial charge < -0.3 is 9.64 Å². The summed E-state index contributed by atoms with van der Waals surface area (Å²) < 4.78 is 19.5. The Bertz CT molecular complexity index is 1040. The van der Waals surface area contributed by atoms with Gasteiger partial charge in [-0.15, -0.1) is 0 Å². The smallest absolute Gasteiger partial charge is 0.165 e. The van der Waals surface area contributed by atoms with Crippen LogP contribution in [0.1, 0.15) is 22.4 Å². The van der Waals surface area contributed by atoms with Gasteiger partial charge in [-0.25, -0.2) is 9.37 Å². The number of hydrogen-bond donors (Lipinski definition) is 0. The molecule has 0 saturated heterocycles. The van der Waals surface area contributed by atoms with E-state index in [0.717, 1.165) is 35.6 Å². The zero-order valence-corrected chi connectivity index (χ0v) is 14.8. The van der Waals surface area contributed by atoms with Gasteiger partial charge in [-0.3, -0.25) is 4.98 Å². The fourth-order valence-corrected chi connectivity index (χ4v) is 3.26. The first-order valence-electron chi connectivity index (χ1n) is 8.66. The zero-order chi connectivity index (χ0) is 18.8. The van der Waals surface area contributed by atoms with E-state index in [1.807, 2.05) is 19.1 Å². The first kappa shape index (κ1) is 17.0. The van der Waals surface area contributed by atoms with E-state index in [1.165, 1.54) is 6.07 Å². The summed E-state index contributed by atoms with van der Waals surface area (Å²) in [7, 11) is 0. The number of nitrogens with zero attached hydrogens (tertiary/aromatic N) is 4. The third-order valence-electron chi connectivity index (χ3n) is 4.56. The average Bonchev–Trinajstić information content (AvgIpc) is 2.69. The Morgan fingerprint density at radius 2 is 2.04 bits per heavy atom. The number of fused-ring (bicyclic) bond motifs is 1. The number of pyridine rings is 2. The Hall–Kier alpha value is -3.46. The van der Waals surface area contributed by atoms with E-state index >= 15 is 0 Å². The minimum absolute atomic E-state index is 0.177. The zero-order valence-electron chi connectivity index (χ0n) is 14.8. The van der Waals surface area contributed by atoms with Crippen molar-refractivity contribution in [1.82, 2.24) is 9.97 Å². The molecule has 0 spiro atoms. The van der Waals surface area contributed by atoms with Crippen LogP contribution in [0, 0.1) is 24.1 Å². The van der Waals surface area contributed by atoms with Crippen LogP contribution in [0.4, 0.5) is 10.2 Å². The lowest BCUT2D eigenvalue weighted by molar-refractivity contribution is 0.439. The fraction of sp³-hybridized carbons (Fsp3) is 0.190. The second-order valence-corrected chi connectivity index (χ2v) is 6.46. The molecule has 0 bridgehead atoms. The highest BCUT2D eigenvalue weighted by molar-refractivity contribution is 5.51. The summed E-state index contributed by atoms with van der Waals surface area (Å²) in [4.78, 5) is 11.1. The summed E-state index contributed by atoms with van der Waals surface area (Å²) in [6, 6.07) is 12.2. The van der Waals surface area contributed by atoms with Gasteiger partial charge in [-0.05, 0) is 42.3 Å². The lowest BCUT2D eigenvalue weighted by atomic mass is 10.0. The molecular formula is C21H17FN4O. The molecule has 0 N–H and O–H groups in total. The molecule has 0 saturated carbocycles. The van der Waals surface area contributed by atoms with Crippen LogP contribution in [-0.2, 0) is 13.0 Å². The Balaban J connectivity index is 1.59. The topological polar surface area (TPSA) is 62.0 Å². The summed E-state index contributed by atoms with van der Waals surface area (Å²) in [5.41, 5.74) is 3.55. The molecular weight excluding hydrogens is 343 g/mol. The van der Waals surface area contributed by atoms with Crippen LogP contribution >= 0.6 is 0 Å². The number of halogens is 1. The van der Waals surface area contributed by atoms with Crippen molar-refractivity contribution in [2.75, 3.05) is 11.4 Å². The number of aryl methyl sites for hydroxylation is 1. The molecule has 3 aromatic rings. The summed E-state index contributed by atoms with van der Waals surface area (Å²) in [6.07, 6.45) is 4.01. The van der Waals surface area contributed by atoms with E-state index in [9.17, 15) is 4.39 Å². The Morgan fingerprint density at radius 1 is 1.19 bits per heavy atom. The average molecular weight is 360 g/mol. The SMILES string of the molecule is Cc1cc(C#N)cnc1N1CCc2ncc(Oc3ccccc3F)cc2C1. The summed E-state index contributed by atoms with van der Waals surface area (Å²) in [6.45, 7) is 3.39. The van der Waals surface area contributed by atoms with Crippen LogP contribution in [0.25, 0.3) is 0 Å². The van der Waals surface area contributed by atoms with Gasteiger partial charge in [0.15, 0.2) is 11.6 Å². The number of para-hydroxylation sites is 1. The van der Waals surface area contributed by atoms with Crippen LogP contribution in [-0.4, -0.2) is 16.5 Å². The minimum Gasteiger partial charge on any atom is -0.453 e. The van der Waals surface area contributed by atoms with Crippen molar-refractivity contribution in [1.29, 1.82) is 5.26 Å². The van der Waals surface area contributed by atoms with Gasteiger partial charge in [0.1, 0.15) is 17.6 Å². The van der Waals surface area contributed by atoms with Gasteiger partial charge in [0.05, 0.1) is 11.8 Å². The van der Waals surface area contributed by atoms with Gasteiger partial charge in [-0.2, -0.15) is 5.26 Å². The van der Waals surface area contributed by atoms with Gasteiger partial charge in [0, 0.05) is 31.4 Å². The maximum absolute atomic E-state index is 13.8. The van der Waals surface area contributed by atoms with Crippen LogP contribution in [0.3, 0.4) is 0 Å². The van der Waals surface area contributed by atoms with Crippen LogP contribution in [0.15, 0.2) is 48.8 Å². The molecule has 5 nitrogen and oxygen atoms in total. The molecule has 0 aliphatic carbocycles. The Kier molecular flexibility index (Phi) is 4.43. The molecule has 0 radical (unpaired) electrons. The van der Waals surface area contributed by atoms with Crippen molar-refractivity contribution in [3.63, 3.8) is 0 Å². The predicted molar refractivity (Wildman–Crippen MR) is 99.2 cm³/mol. The van der Waals surface area contributed by atoms with Gasteiger partial charge in [-0.1, -0.05) is 12.1 Å². The lowest BCUT2D eigenvalue weighted by Gasteiger charge is -2.30. The molecule has 134 valence electrons. The molecule has 1 aliphatic heterocycles. The molecule has 1 aromatic carbocycles. The summed E-state index contributed by atoms with van der Waals surface area (Å²) in [5.74, 6) is 1.14. The minimum atomic E-state index is -0.408. The summed E-state index contributed by atoms with van der Waals surface area (Å²) in [5, 5.41) is 9.01. The van der Waals surface area contributed by atoms with Gasteiger partial charge >= 0.3 is 0 Å². The van der Waals surface area contributed by atoms with Crippen molar-refractivity contribution < 1.29 is 9.13 Å². The second kappa shape index (κ2) is 7.04. The maximum atomic E-state index is 13.8. The molecule has 2 aromatic heterocycles. The maximum Gasteiger partial charge on any atom is 0.165 e. The van der Waals surface area contributed by atoms with Crippen LogP contribution in [0.2, 0.25) is 0 Å². The van der Waals surface area contributed by atoms with E-state index in [2.05, 4.69) is 20.9 Å². The number of aromatic nitrogens is 2. The molecule has 4 rings (SSSR count). The number of ether oxygens (including phenoxy) is 1. The van der Waals surface area contributed by atoms with Crippen LogP contribution in [0.5, 0.6) is 11.5 Å². The first-order valence-corrected chi connectivity index (χ1v) is 8.66.